The van der Waals surface area contributed by atoms with E-state index in [1.807, 2.05) is 0 Å². The summed E-state index contributed by atoms with van der Waals surface area (Å²) in [5.74, 6) is -0.747. The first-order chi connectivity index (χ1) is 15.9. The number of hydrogen-bond acceptors (Lipinski definition) is 4. The highest BCUT2D eigenvalue weighted by Gasteiger charge is 2.34. The van der Waals surface area contributed by atoms with Crippen LogP contribution in [0.3, 0.4) is 0 Å². The highest BCUT2D eigenvalue weighted by Crippen LogP contribution is 2.39. The van der Waals surface area contributed by atoms with E-state index >= 15 is 0 Å². The van der Waals surface area contributed by atoms with Crippen LogP contribution < -0.4 is 10.9 Å². The summed E-state index contributed by atoms with van der Waals surface area (Å²) >= 11 is 5.87. The zero-order valence-corrected chi connectivity index (χ0v) is 18.7. The summed E-state index contributed by atoms with van der Waals surface area (Å²) in [7, 11) is 0. The number of amides is 1. The molecule has 0 radical (unpaired) electrons. The molecule has 2 aromatic carbocycles. The van der Waals surface area contributed by atoms with Crippen LogP contribution in [0, 0.1) is 11.3 Å². The number of carbonyl (C=O) groups is 2. The Morgan fingerprint density at radius 2 is 1.74 bits per heavy atom. The van der Waals surface area contributed by atoms with Crippen molar-refractivity contribution in [3.8, 4) is 17.2 Å². The van der Waals surface area contributed by atoms with Gasteiger partial charge in [-0.2, -0.15) is 18.4 Å². The third-order valence-corrected chi connectivity index (χ3v) is 5.37. The van der Waals surface area contributed by atoms with Gasteiger partial charge in [0.2, 0.25) is 5.91 Å². The topological polar surface area (TPSA) is 92.0 Å². The highest BCUT2D eigenvalue weighted by atomic mass is 35.5. The molecule has 1 unspecified atom stereocenters. The van der Waals surface area contributed by atoms with Crippen LogP contribution in [0.25, 0.3) is 11.1 Å². The minimum Gasteiger partial charge on any atom is -0.324 e. The summed E-state index contributed by atoms with van der Waals surface area (Å²) in [5.41, 5.74) is -1.90. The number of nitrogens with zero attached hydrogens (tertiary/aromatic N) is 2. The number of aromatic nitrogens is 1. The number of pyridine rings is 1. The Labute approximate surface area is 197 Å². The van der Waals surface area contributed by atoms with Crippen molar-refractivity contribution in [3.05, 3.63) is 86.8 Å². The van der Waals surface area contributed by atoms with Crippen LogP contribution in [0.5, 0.6) is 0 Å². The van der Waals surface area contributed by atoms with Crippen LogP contribution >= 0.6 is 11.6 Å². The van der Waals surface area contributed by atoms with E-state index in [4.69, 9.17) is 11.6 Å². The number of halogens is 4. The van der Waals surface area contributed by atoms with Gasteiger partial charge in [-0.05, 0) is 61.9 Å². The number of anilines is 1. The summed E-state index contributed by atoms with van der Waals surface area (Å²) in [4.78, 5) is 36.8. The third-order valence-electron chi connectivity index (χ3n) is 5.13. The first-order valence-corrected chi connectivity index (χ1v) is 10.3. The molecule has 0 saturated carbocycles. The van der Waals surface area contributed by atoms with Crippen molar-refractivity contribution in [1.29, 1.82) is 5.26 Å². The second-order valence-corrected chi connectivity index (χ2v) is 7.88. The van der Waals surface area contributed by atoms with Crippen LogP contribution in [0.2, 0.25) is 5.02 Å². The summed E-state index contributed by atoms with van der Waals surface area (Å²) in [6.45, 7) is 2.81. The first kappa shape index (κ1) is 24.7. The van der Waals surface area contributed by atoms with Crippen molar-refractivity contribution in [2.24, 2.45) is 0 Å². The minimum absolute atomic E-state index is 0.000365. The number of hydrogen-bond donors (Lipinski definition) is 1. The van der Waals surface area contributed by atoms with Gasteiger partial charge in [0.05, 0.1) is 11.1 Å². The standard InChI is InChI=1S/C24H17ClF3N3O3/c1-13(23(34)30-18-6-3-15(4-7-18)14(2)32)31-12-16(11-29)19(10-22(31)33)20-9-17(25)5-8-21(20)24(26,27)28/h3-10,12-13H,1-2H3,(H,30,34). The zero-order valence-electron chi connectivity index (χ0n) is 17.9. The van der Waals surface area contributed by atoms with Crippen LogP contribution in [0.4, 0.5) is 18.9 Å². The van der Waals surface area contributed by atoms with E-state index < -0.39 is 34.8 Å². The molecule has 0 aliphatic heterocycles. The Bertz CT molecular complexity index is 1370. The lowest BCUT2D eigenvalue weighted by Gasteiger charge is -2.18. The number of rotatable bonds is 5. The van der Waals surface area contributed by atoms with E-state index in [1.165, 1.54) is 38.1 Å². The van der Waals surface area contributed by atoms with Crippen molar-refractivity contribution in [1.82, 2.24) is 4.57 Å². The monoisotopic (exact) mass is 487 g/mol. The van der Waals surface area contributed by atoms with Gasteiger partial charge >= 0.3 is 6.18 Å². The molecule has 1 heterocycles. The molecule has 1 atom stereocenters. The molecular formula is C24H17ClF3N3O3. The Kier molecular flexibility index (Phi) is 6.93. The normalized spacial score (nSPS) is 12.0. The van der Waals surface area contributed by atoms with Crippen molar-refractivity contribution < 1.29 is 22.8 Å². The van der Waals surface area contributed by atoms with Crippen LogP contribution in [-0.4, -0.2) is 16.3 Å². The largest absolute Gasteiger partial charge is 0.417 e. The molecule has 3 rings (SSSR count). The van der Waals surface area contributed by atoms with Crippen molar-refractivity contribution in [3.63, 3.8) is 0 Å². The lowest BCUT2D eigenvalue weighted by atomic mass is 9.96. The summed E-state index contributed by atoms with van der Waals surface area (Å²) in [6, 6.07) is 10.5. The maximum atomic E-state index is 13.5. The minimum atomic E-state index is -4.74. The number of carbonyl (C=O) groups excluding carboxylic acids is 2. The van der Waals surface area contributed by atoms with E-state index in [1.54, 1.807) is 6.07 Å². The van der Waals surface area contributed by atoms with E-state index in [0.717, 1.165) is 35.0 Å². The number of Topliss-reactive ketones (excluding diaryl/α,β-unsaturated/α-hetero) is 1. The average Bonchev–Trinajstić information content (AvgIpc) is 2.77. The maximum Gasteiger partial charge on any atom is 0.417 e. The molecule has 0 aliphatic carbocycles. The molecule has 0 fully saturated rings. The van der Waals surface area contributed by atoms with Crippen molar-refractivity contribution >= 4 is 29.0 Å². The van der Waals surface area contributed by atoms with Crippen molar-refractivity contribution in [2.75, 3.05) is 5.32 Å². The molecule has 174 valence electrons. The maximum absolute atomic E-state index is 13.5. The molecular weight excluding hydrogens is 471 g/mol. The third kappa shape index (κ3) is 5.18. The smallest absolute Gasteiger partial charge is 0.324 e. The summed E-state index contributed by atoms with van der Waals surface area (Å²) in [6.07, 6.45) is -3.70. The van der Waals surface area contributed by atoms with Crippen molar-refractivity contribution in [2.45, 2.75) is 26.1 Å². The fourth-order valence-corrected chi connectivity index (χ4v) is 3.48. The average molecular weight is 488 g/mol. The lowest BCUT2D eigenvalue weighted by molar-refractivity contribution is -0.137. The van der Waals surface area contributed by atoms with Gasteiger partial charge in [-0.3, -0.25) is 14.4 Å². The number of nitriles is 1. The second-order valence-electron chi connectivity index (χ2n) is 7.44. The number of ketones is 1. The van der Waals surface area contributed by atoms with Gasteiger partial charge in [0, 0.05) is 34.1 Å². The quantitative estimate of drug-likeness (QED) is 0.484. The molecule has 1 N–H and O–H groups in total. The Balaban J connectivity index is 1.99. The Hall–Kier alpha value is -3.90. The van der Waals surface area contributed by atoms with Crippen LogP contribution in [-0.2, 0) is 11.0 Å². The van der Waals surface area contributed by atoms with E-state index in [2.05, 4.69) is 5.32 Å². The number of nitrogens with one attached hydrogen (secondary N) is 1. The summed E-state index contributed by atoms with van der Waals surface area (Å²) in [5, 5.41) is 12.2. The fraction of sp³-hybridized carbons (Fsp3) is 0.167. The molecule has 0 aliphatic rings. The van der Waals surface area contributed by atoms with Gasteiger partial charge < -0.3 is 9.88 Å². The first-order valence-electron chi connectivity index (χ1n) is 9.87. The number of benzene rings is 2. The lowest BCUT2D eigenvalue weighted by Crippen LogP contribution is -2.31. The zero-order chi connectivity index (χ0) is 25.2. The van der Waals surface area contributed by atoms with Gasteiger partial charge in [0.15, 0.2) is 5.78 Å². The van der Waals surface area contributed by atoms with E-state index in [0.29, 0.717) is 11.3 Å². The second kappa shape index (κ2) is 9.53. The van der Waals surface area contributed by atoms with Gasteiger partial charge in [0.25, 0.3) is 5.56 Å². The predicted octanol–water partition coefficient (Wildman–Crippen LogP) is 5.46. The van der Waals surface area contributed by atoms with Gasteiger partial charge in [0.1, 0.15) is 12.1 Å². The molecule has 3 aromatic rings. The number of alkyl halides is 3. The molecule has 1 amide bonds. The van der Waals surface area contributed by atoms with E-state index in [-0.39, 0.29) is 21.9 Å². The van der Waals surface area contributed by atoms with E-state index in [9.17, 15) is 32.8 Å². The van der Waals surface area contributed by atoms with Gasteiger partial charge in [-0.25, -0.2) is 0 Å². The highest BCUT2D eigenvalue weighted by molar-refractivity contribution is 6.30. The Morgan fingerprint density at radius 3 is 2.29 bits per heavy atom. The van der Waals surface area contributed by atoms with Gasteiger partial charge in [-0.15, -0.1) is 0 Å². The summed E-state index contributed by atoms with van der Waals surface area (Å²) < 4.78 is 41.5. The molecule has 0 bridgehead atoms. The molecule has 10 heteroatoms. The molecule has 1 aromatic heterocycles. The molecule has 0 spiro atoms. The fourth-order valence-electron chi connectivity index (χ4n) is 3.31. The Morgan fingerprint density at radius 1 is 1.09 bits per heavy atom. The van der Waals surface area contributed by atoms with Gasteiger partial charge in [-0.1, -0.05) is 11.6 Å². The molecule has 34 heavy (non-hydrogen) atoms. The SMILES string of the molecule is CC(=O)c1ccc(NC(=O)C(C)n2cc(C#N)c(-c3cc(Cl)ccc3C(F)(F)F)cc2=O)cc1. The molecule has 0 saturated heterocycles. The molecule has 6 nitrogen and oxygen atoms in total. The van der Waals surface area contributed by atoms with Crippen LogP contribution in [0.1, 0.15) is 41.4 Å². The predicted molar refractivity (Wildman–Crippen MR) is 121 cm³/mol. The van der Waals surface area contributed by atoms with Crippen LogP contribution in [0.15, 0.2) is 59.5 Å².